The summed E-state index contributed by atoms with van der Waals surface area (Å²) >= 11 is 5.81. The van der Waals surface area contributed by atoms with Crippen molar-refractivity contribution >= 4 is 11.6 Å². The standard InChI is InChI=1S/C13H18ClFO/c1-9(2)6-7-11(16)8-10-4-3-5-12(15)13(10)14/h3-5,9,11,16H,6-8H2,1-2H3. The van der Waals surface area contributed by atoms with Crippen LogP contribution in [0.5, 0.6) is 0 Å². The largest absolute Gasteiger partial charge is 0.393 e. The first-order valence-corrected chi connectivity index (χ1v) is 5.99. The minimum absolute atomic E-state index is 0.131. The summed E-state index contributed by atoms with van der Waals surface area (Å²) in [6.45, 7) is 4.23. The van der Waals surface area contributed by atoms with Crippen molar-refractivity contribution in [3.8, 4) is 0 Å². The highest BCUT2D eigenvalue weighted by molar-refractivity contribution is 6.31. The molecule has 0 spiro atoms. The fourth-order valence-electron chi connectivity index (χ4n) is 1.59. The van der Waals surface area contributed by atoms with Gasteiger partial charge in [0.25, 0.3) is 0 Å². The molecule has 1 atom stereocenters. The zero-order valence-electron chi connectivity index (χ0n) is 9.71. The van der Waals surface area contributed by atoms with Crippen molar-refractivity contribution in [2.75, 3.05) is 0 Å². The van der Waals surface area contributed by atoms with E-state index in [-0.39, 0.29) is 5.02 Å². The van der Waals surface area contributed by atoms with Gasteiger partial charge >= 0.3 is 0 Å². The van der Waals surface area contributed by atoms with E-state index in [4.69, 9.17) is 11.6 Å². The number of aliphatic hydroxyl groups is 1. The molecule has 0 bridgehead atoms. The maximum atomic E-state index is 13.1. The zero-order valence-corrected chi connectivity index (χ0v) is 10.5. The van der Waals surface area contributed by atoms with Gasteiger partial charge in [0.05, 0.1) is 11.1 Å². The maximum Gasteiger partial charge on any atom is 0.142 e. The molecule has 0 radical (unpaired) electrons. The van der Waals surface area contributed by atoms with Gasteiger partial charge in [0, 0.05) is 0 Å². The van der Waals surface area contributed by atoms with E-state index in [1.807, 2.05) is 0 Å². The van der Waals surface area contributed by atoms with Crippen LogP contribution in [0, 0.1) is 11.7 Å². The third-order valence-electron chi connectivity index (χ3n) is 2.56. The monoisotopic (exact) mass is 244 g/mol. The highest BCUT2D eigenvalue weighted by Gasteiger charge is 2.11. The summed E-state index contributed by atoms with van der Waals surface area (Å²) in [7, 11) is 0. The van der Waals surface area contributed by atoms with E-state index in [1.165, 1.54) is 6.07 Å². The van der Waals surface area contributed by atoms with Gasteiger partial charge in [-0.15, -0.1) is 0 Å². The maximum absolute atomic E-state index is 13.1. The molecular formula is C13H18ClFO. The molecule has 90 valence electrons. The molecule has 3 heteroatoms. The number of hydrogen-bond donors (Lipinski definition) is 1. The number of rotatable bonds is 5. The van der Waals surface area contributed by atoms with Crippen LogP contribution in [0.25, 0.3) is 0 Å². The Morgan fingerprint density at radius 3 is 2.62 bits per heavy atom. The molecule has 0 saturated carbocycles. The van der Waals surface area contributed by atoms with E-state index in [2.05, 4.69) is 13.8 Å². The van der Waals surface area contributed by atoms with Crippen LogP contribution in [0.1, 0.15) is 32.3 Å². The summed E-state index contributed by atoms with van der Waals surface area (Å²) < 4.78 is 13.1. The predicted molar refractivity (Wildman–Crippen MR) is 65.2 cm³/mol. The zero-order chi connectivity index (χ0) is 12.1. The predicted octanol–water partition coefficient (Wildman–Crippen LogP) is 3.82. The van der Waals surface area contributed by atoms with Crippen LogP contribution in [0.15, 0.2) is 18.2 Å². The Kier molecular flexibility index (Phi) is 5.23. The Morgan fingerprint density at radius 2 is 2.00 bits per heavy atom. The highest BCUT2D eigenvalue weighted by Crippen LogP contribution is 2.22. The van der Waals surface area contributed by atoms with Crippen LogP contribution >= 0.6 is 11.6 Å². The van der Waals surface area contributed by atoms with E-state index in [9.17, 15) is 9.50 Å². The van der Waals surface area contributed by atoms with Gasteiger partial charge in [-0.2, -0.15) is 0 Å². The molecule has 0 fully saturated rings. The quantitative estimate of drug-likeness (QED) is 0.835. The summed E-state index contributed by atoms with van der Waals surface area (Å²) in [6.07, 6.45) is 1.67. The van der Waals surface area contributed by atoms with Crippen molar-refractivity contribution in [3.63, 3.8) is 0 Å². The lowest BCUT2D eigenvalue weighted by molar-refractivity contribution is 0.157. The Hall–Kier alpha value is -0.600. The molecule has 0 aliphatic heterocycles. The molecule has 1 nitrogen and oxygen atoms in total. The second-order valence-corrected chi connectivity index (χ2v) is 4.92. The van der Waals surface area contributed by atoms with Crippen molar-refractivity contribution in [3.05, 3.63) is 34.6 Å². The fourth-order valence-corrected chi connectivity index (χ4v) is 1.79. The van der Waals surface area contributed by atoms with Crippen molar-refractivity contribution in [1.29, 1.82) is 0 Å². The van der Waals surface area contributed by atoms with Gasteiger partial charge in [-0.25, -0.2) is 4.39 Å². The normalized spacial score (nSPS) is 13.1. The Morgan fingerprint density at radius 1 is 1.31 bits per heavy atom. The number of aliphatic hydroxyl groups excluding tert-OH is 1. The van der Waals surface area contributed by atoms with Crippen LogP contribution in [-0.4, -0.2) is 11.2 Å². The molecule has 0 saturated heterocycles. The van der Waals surface area contributed by atoms with E-state index in [1.54, 1.807) is 12.1 Å². The first-order chi connectivity index (χ1) is 7.50. The minimum atomic E-state index is -0.443. The van der Waals surface area contributed by atoms with Gasteiger partial charge in [-0.05, 0) is 36.8 Å². The molecule has 0 aromatic heterocycles. The summed E-state index contributed by atoms with van der Waals surface area (Å²) in [6, 6.07) is 4.70. The molecule has 1 rings (SSSR count). The SMILES string of the molecule is CC(C)CCC(O)Cc1cccc(F)c1Cl. The van der Waals surface area contributed by atoms with Crippen LogP contribution in [0.2, 0.25) is 5.02 Å². The van der Waals surface area contributed by atoms with Gasteiger partial charge < -0.3 is 5.11 Å². The van der Waals surface area contributed by atoms with Crippen LogP contribution in [0.3, 0.4) is 0 Å². The fraction of sp³-hybridized carbons (Fsp3) is 0.538. The topological polar surface area (TPSA) is 20.2 Å². The van der Waals surface area contributed by atoms with Crippen molar-refractivity contribution < 1.29 is 9.50 Å². The molecular weight excluding hydrogens is 227 g/mol. The summed E-state index contributed by atoms with van der Waals surface area (Å²) in [5.74, 6) is 0.146. The molecule has 1 aromatic carbocycles. The molecule has 1 unspecified atom stereocenters. The number of benzene rings is 1. The lowest BCUT2D eigenvalue weighted by Gasteiger charge is -2.13. The second-order valence-electron chi connectivity index (χ2n) is 4.54. The minimum Gasteiger partial charge on any atom is -0.393 e. The summed E-state index contributed by atoms with van der Waals surface area (Å²) in [5.41, 5.74) is 0.679. The highest BCUT2D eigenvalue weighted by atomic mass is 35.5. The van der Waals surface area contributed by atoms with Gasteiger partial charge in [0.15, 0.2) is 0 Å². The summed E-state index contributed by atoms with van der Waals surface area (Å²) in [4.78, 5) is 0. The van der Waals surface area contributed by atoms with Gasteiger partial charge in [-0.3, -0.25) is 0 Å². The van der Waals surface area contributed by atoms with E-state index >= 15 is 0 Å². The first kappa shape index (κ1) is 13.5. The lowest BCUT2D eigenvalue weighted by atomic mass is 10.00. The Bertz CT molecular complexity index is 339. The Balaban J connectivity index is 2.56. The van der Waals surface area contributed by atoms with Crippen LogP contribution in [0.4, 0.5) is 4.39 Å². The number of halogens is 2. The van der Waals surface area contributed by atoms with Crippen LogP contribution < -0.4 is 0 Å². The molecule has 16 heavy (non-hydrogen) atoms. The second kappa shape index (κ2) is 6.21. The van der Waals surface area contributed by atoms with Gasteiger partial charge in [-0.1, -0.05) is 37.6 Å². The van der Waals surface area contributed by atoms with Crippen molar-refractivity contribution in [2.24, 2.45) is 5.92 Å². The first-order valence-electron chi connectivity index (χ1n) is 5.61. The molecule has 0 aliphatic carbocycles. The van der Waals surface area contributed by atoms with E-state index in [0.717, 1.165) is 12.8 Å². The summed E-state index contributed by atoms with van der Waals surface area (Å²) in [5, 5.41) is 9.92. The smallest absolute Gasteiger partial charge is 0.142 e. The van der Waals surface area contributed by atoms with Crippen LogP contribution in [-0.2, 0) is 6.42 Å². The lowest BCUT2D eigenvalue weighted by Crippen LogP contribution is -2.12. The third kappa shape index (κ3) is 4.11. The van der Waals surface area contributed by atoms with Crippen molar-refractivity contribution in [2.45, 2.75) is 39.2 Å². The number of hydrogen-bond acceptors (Lipinski definition) is 1. The van der Waals surface area contributed by atoms with Crippen molar-refractivity contribution in [1.82, 2.24) is 0 Å². The Labute approximate surface area is 101 Å². The molecule has 1 N–H and O–H groups in total. The van der Waals surface area contributed by atoms with E-state index in [0.29, 0.717) is 17.9 Å². The molecule has 1 aromatic rings. The van der Waals surface area contributed by atoms with Gasteiger partial charge in [0.2, 0.25) is 0 Å². The molecule has 0 amide bonds. The average molecular weight is 245 g/mol. The third-order valence-corrected chi connectivity index (χ3v) is 2.99. The molecule has 0 aliphatic rings. The average Bonchev–Trinajstić information content (AvgIpc) is 2.22. The van der Waals surface area contributed by atoms with Gasteiger partial charge in [0.1, 0.15) is 5.82 Å². The molecule has 0 heterocycles. The van der Waals surface area contributed by atoms with E-state index < -0.39 is 11.9 Å².